The molecule has 2 aliphatic rings. The van der Waals surface area contributed by atoms with E-state index in [9.17, 15) is 9.18 Å². The van der Waals surface area contributed by atoms with Crippen LogP contribution in [-0.2, 0) is 10.2 Å². The molecule has 4 rings (SSSR count). The van der Waals surface area contributed by atoms with Crippen molar-refractivity contribution in [3.05, 3.63) is 59.9 Å². The first-order chi connectivity index (χ1) is 13.6. The number of carbonyl (C=O) groups excluding carboxylic acids is 1. The van der Waals surface area contributed by atoms with Gasteiger partial charge in [-0.2, -0.15) is 0 Å². The van der Waals surface area contributed by atoms with E-state index in [-0.39, 0.29) is 11.7 Å². The number of hydrogen-bond donors (Lipinski definition) is 1. The second-order valence-corrected chi connectivity index (χ2v) is 8.09. The third kappa shape index (κ3) is 3.76. The zero-order valence-electron chi connectivity index (χ0n) is 16.5. The Hall–Kier alpha value is -2.40. The molecule has 148 valence electrons. The van der Waals surface area contributed by atoms with Crippen molar-refractivity contribution in [1.82, 2.24) is 4.90 Å². The summed E-state index contributed by atoms with van der Waals surface area (Å²) in [5, 5.41) is 3.12. The Morgan fingerprint density at radius 2 is 1.54 bits per heavy atom. The van der Waals surface area contributed by atoms with Gasteiger partial charge in [-0.1, -0.05) is 25.0 Å². The number of halogens is 1. The highest BCUT2D eigenvalue weighted by molar-refractivity contribution is 5.99. The van der Waals surface area contributed by atoms with Gasteiger partial charge in [0.15, 0.2) is 0 Å². The summed E-state index contributed by atoms with van der Waals surface area (Å²) >= 11 is 0. The van der Waals surface area contributed by atoms with Gasteiger partial charge in [-0.05, 0) is 61.9 Å². The Morgan fingerprint density at radius 1 is 0.929 bits per heavy atom. The predicted molar refractivity (Wildman–Crippen MR) is 111 cm³/mol. The summed E-state index contributed by atoms with van der Waals surface area (Å²) in [5.41, 5.74) is 2.37. The highest BCUT2D eigenvalue weighted by Gasteiger charge is 2.42. The van der Waals surface area contributed by atoms with Crippen LogP contribution in [0.5, 0.6) is 0 Å². The third-order valence-electron chi connectivity index (χ3n) is 6.28. The van der Waals surface area contributed by atoms with Gasteiger partial charge in [0.1, 0.15) is 5.82 Å². The largest absolute Gasteiger partial charge is 0.369 e. The van der Waals surface area contributed by atoms with Crippen LogP contribution in [0.1, 0.15) is 31.2 Å². The van der Waals surface area contributed by atoms with E-state index in [0.29, 0.717) is 0 Å². The van der Waals surface area contributed by atoms with Gasteiger partial charge in [-0.15, -0.1) is 0 Å². The zero-order chi connectivity index (χ0) is 19.6. The molecule has 1 amide bonds. The molecule has 1 aliphatic carbocycles. The molecule has 0 radical (unpaired) electrons. The summed E-state index contributed by atoms with van der Waals surface area (Å²) in [6.45, 7) is 4.18. The van der Waals surface area contributed by atoms with Crippen molar-refractivity contribution in [2.45, 2.75) is 31.1 Å². The quantitative estimate of drug-likeness (QED) is 0.869. The smallest absolute Gasteiger partial charge is 0.235 e. The second kappa shape index (κ2) is 7.92. The van der Waals surface area contributed by atoms with Gasteiger partial charge < -0.3 is 15.1 Å². The normalized spacial score (nSPS) is 19.6. The van der Waals surface area contributed by atoms with Crippen molar-refractivity contribution >= 4 is 17.3 Å². The zero-order valence-corrected chi connectivity index (χ0v) is 16.5. The van der Waals surface area contributed by atoms with E-state index >= 15 is 0 Å². The van der Waals surface area contributed by atoms with Crippen molar-refractivity contribution in [2.24, 2.45) is 0 Å². The minimum absolute atomic E-state index is 0.0176. The Labute approximate surface area is 166 Å². The van der Waals surface area contributed by atoms with Gasteiger partial charge in [0.05, 0.1) is 5.41 Å². The standard InChI is InChI=1S/C23H28FN3O/c1-26-14-16-27(17-15-26)21-10-8-20(9-11-21)25-22(28)23(12-2-3-13-23)18-4-6-19(24)7-5-18/h4-11H,2-3,12-17H2,1H3,(H,25,28). The molecule has 1 saturated heterocycles. The lowest BCUT2D eigenvalue weighted by Gasteiger charge is -2.34. The predicted octanol–water partition coefficient (Wildman–Crippen LogP) is 4.03. The van der Waals surface area contributed by atoms with Crippen LogP contribution in [0.25, 0.3) is 0 Å². The van der Waals surface area contributed by atoms with Crippen molar-refractivity contribution in [3.8, 4) is 0 Å². The summed E-state index contributed by atoms with van der Waals surface area (Å²) < 4.78 is 13.4. The van der Waals surface area contributed by atoms with Gasteiger partial charge in [0.25, 0.3) is 0 Å². The summed E-state index contributed by atoms with van der Waals surface area (Å²) in [7, 11) is 2.15. The summed E-state index contributed by atoms with van der Waals surface area (Å²) in [4.78, 5) is 17.9. The van der Waals surface area contributed by atoms with Crippen LogP contribution in [-0.4, -0.2) is 44.0 Å². The van der Waals surface area contributed by atoms with Crippen molar-refractivity contribution < 1.29 is 9.18 Å². The molecule has 2 aromatic carbocycles. The lowest BCUT2D eigenvalue weighted by atomic mass is 9.78. The van der Waals surface area contributed by atoms with E-state index in [1.165, 1.54) is 17.8 Å². The van der Waals surface area contributed by atoms with Gasteiger partial charge in [0, 0.05) is 37.6 Å². The van der Waals surface area contributed by atoms with E-state index in [2.05, 4.69) is 34.3 Å². The molecule has 4 nitrogen and oxygen atoms in total. The number of rotatable bonds is 4. The maximum absolute atomic E-state index is 13.4. The van der Waals surface area contributed by atoms with Crippen LogP contribution in [0.2, 0.25) is 0 Å². The monoisotopic (exact) mass is 381 g/mol. The van der Waals surface area contributed by atoms with Crippen LogP contribution in [0.4, 0.5) is 15.8 Å². The second-order valence-electron chi connectivity index (χ2n) is 8.09. The molecule has 1 aliphatic heterocycles. The molecule has 0 spiro atoms. The third-order valence-corrected chi connectivity index (χ3v) is 6.28. The molecule has 0 bridgehead atoms. The van der Waals surface area contributed by atoms with Crippen LogP contribution in [0.3, 0.4) is 0 Å². The number of anilines is 2. The molecule has 0 unspecified atom stereocenters. The van der Waals surface area contributed by atoms with Crippen molar-refractivity contribution in [3.63, 3.8) is 0 Å². The average Bonchev–Trinajstić information content (AvgIpc) is 3.21. The van der Waals surface area contributed by atoms with Crippen LogP contribution in [0.15, 0.2) is 48.5 Å². The van der Waals surface area contributed by atoms with E-state index in [1.807, 2.05) is 12.1 Å². The summed E-state index contributed by atoms with van der Waals surface area (Å²) in [5.74, 6) is -0.249. The fourth-order valence-electron chi connectivity index (χ4n) is 4.47. The highest BCUT2D eigenvalue weighted by Crippen LogP contribution is 2.42. The molecular formula is C23H28FN3O. The molecule has 1 heterocycles. The maximum atomic E-state index is 13.4. The molecule has 0 atom stereocenters. The van der Waals surface area contributed by atoms with Crippen molar-refractivity contribution in [1.29, 1.82) is 0 Å². The molecule has 5 heteroatoms. The first kappa shape index (κ1) is 18.9. The summed E-state index contributed by atoms with van der Waals surface area (Å²) in [6.07, 6.45) is 3.66. The van der Waals surface area contributed by atoms with E-state index in [1.54, 1.807) is 12.1 Å². The number of amides is 1. The fraction of sp³-hybridized carbons (Fsp3) is 0.435. The number of nitrogens with one attached hydrogen (secondary N) is 1. The molecule has 2 aromatic rings. The minimum atomic E-state index is -0.552. The summed E-state index contributed by atoms with van der Waals surface area (Å²) in [6, 6.07) is 14.6. The Kier molecular flexibility index (Phi) is 5.36. The average molecular weight is 381 g/mol. The lowest BCUT2D eigenvalue weighted by Crippen LogP contribution is -2.44. The van der Waals surface area contributed by atoms with Crippen LogP contribution >= 0.6 is 0 Å². The van der Waals surface area contributed by atoms with Gasteiger partial charge >= 0.3 is 0 Å². The first-order valence-corrected chi connectivity index (χ1v) is 10.2. The first-order valence-electron chi connectivity index (χ1n) is 10.2. The van der Waals surface area contributed by atoms with Crippen LogP contribution in [0, 0.1) is 5.82 Å². The van der Waals surface area contributed by atoms with E-state index in [4.69, 9.17) is 0 Å². The van der Waals surface area contributed by atoms with Crippen molar-refractivity contribution in [2.75, 3.05) is 43.4 Å². The topological polar surface area (TPSA) is 35.6 Å². The number of nitrogens with zero attached hydrogens (tertiary/aromatic N) is 2. The SMILES string of the molecule is CN1CCN(c2ccc(NC(=O)C3(c4ccc(F)cc4)CCCC3)cc2)CC1. The molecule has 1 saturated carbocycles. The van der Waals surface area contributed by atoms with Gasteiger partial charge in [-0.3, -0.25) is 4.79 Å². The Balaban J connectivity index is 1.48. The molecule has 28 heavy (non-hydrogen) atoms. The van der Waals surface area contributed by atoms with E-state index < -0.39 is 5.41 Å². The Bertz CT molecular complexity index is 805. The number of likely N-dealkylation sites (N-methyl/N-ethyl adjacent to an activating group) is 1. The molecule has 1 N–H and O–H groups in total. The molecular weight excluding hydrogens is 353 g/mol. The number of carbonyl (C=O) groups is 1. The van der Waals surface area contributed by atoms with Crippen LogP contribution < -0.4 is 10.2 Å². The van der Waals surface area contributed by atoms with Gasteiger partial charge in [0.2, 0.25) is 5.91 Å². The number of hydrogen-bond acceptors (Lipinski definition) is 3. The molecule has 2 fully saturated rings. The molecule has 0 aromatic heterocycles. The Morgan fingerprint density at radius 3 is 2.14 bits per heavy atom. The minimum Gasteiger partial charge on any atom is -0.369 e. The lowest BCUT2D eigenvalue weighted by molar-refractivity contribution is -0.121. The van der Waals surface area contributed by atoms with E-state index in [0.717, 1.165) is 63.1 Å². The number of benzene rings is 2. The highest BCUT2D eigenvalue weighted by atomic mass is 19.1. The fourth-order valence-corrected chi connectivity index (χ4v) is 4.47. The van der Waals surface area contributed by atoms with Gasteiger partial charge in [-0.25, -0.2) is 4.39 Å². The maximum Gasteiger partial charge on any atom is 0.235 e. The number of piperazine rings is 1.